The van der Waals surface area contributed by atoms with Crippen molar-refractivity contribution in [2.45, 2.75) is 51.4 Å². The zero-order chi connectivity index (χ0) is 36.6. The van der Waals surface area contributed by atoms with Crippen LogP contribution in [0.3, 0.4) is 0 Å². The standard InChI is InChI=1S/C33H27FNS.C14H16GeN.Ir/c1-20-19-35-30(15-23(20)18-33(2,3)4)22-11-14-26-29-17-28(21-9-12-24(34)13-10-21)25-7-5-6-8-27(25)32(29)36-31(26)16-22;1-15(2,3)13-9-10-14(16-11-13)12-7-5-4-6-8-12;/h5-15,17,19H,18H2,1-4H3;4-7,9-11H,1-3H3;/q2*-1;. The molecule has 0 saturated heterocycles. The number of aromatic nitrogens is 2. The van der Waals surface area contributed by atoms with Crippen LogP contribution in [0.4, 0.5) is 4.39 Å². The molecule has 0 saturated carbocycles. The molecule has 0 spiro atoms. The molecular weight excluding hydrogens is 908 g/mol. The molecule has 0 aliphatic rings. The summed E-state index contributed by atoms with van der Waals surface area (Å²) in [5.74, 6) is 6.92. The smallest absolute Gasteiger partial charge is 0 e. The molecule has 5 aromatic carbocycles. The van der Waals surface area contributed by atoms with Crippen LogP contribution < -0.4 is 4.40 Å². The second kappa shape index (κ2) is 15.8. The van der Waals surface area contributed by atoms with Crippen molar-refractivity contribution in [1.82, 2.24) is 9.97 Å². The molecule has 269 valence electrons. The molecule has 2 nitrogen and oxygen atoms in total. The SMILES string of the molecule is Cc1cnc(-c2[c-]c3sc4c5ccccc5c(-c5ccc(F)cc5)cc4c3cc2)cc1CC(C)(C)C.[CH3][Ge]([CH3])([CH3])[c]1ccc(-c2[c-]cccc2)nc1.[Ir]. The molecule has 0 amide bonds. The number of benzene rings is 5. The van der Waals surface area contributed by atoms with Crippen molar-refractivity contribution >= 4 is 59.9 Å². The van der Waals surface area contributed by atoms with Crippen molar-refractivity contribution < 1.29 is 24.5 Å². The first-order chi connectivity index (χ1) is 24.8. The van der Waals surface area contributed by atoms with Crippen LogP contribution in [0.5, 0.6) is 0 Å². The van der Waals surface area contributed by atoms with E-state index in [9.17, 15) is 4.39 Å². The summed E-state index contributed by atoms with van der Waals surface area (Å²) in [6.07, 6.45) is 5.04. The van der Waals surface area contributed by atoms with Gasteiger partial charge in [0.2, 0.25) is 0 Å². The van der Waals surface area contributed by atoms with E-state index in [2.05, 4.69) is 123 Å². The first-order valence-corrected chi connectivity index (χ1v) is 26.0. The van der Waals surface area contributed by atoms with E-state index in [1.54, 1.807) is 11.3 Å². The number of hydrogen-bond donors (Lipinski definition) is 0. The Kier molecular flexibility index (Phi) is 11.5. The van der Waals surface area contributed by atoms with Crippen LogP contribution in [0.1, 0.15) is 31.9 Å². The summed E-state index contributed by atoms with van der Waals surface area (Å²) in [5, 5.41) is 4.79. The predicted molar refractivity (Wildman–Crippen MR) is 224 cm³/mol. The van der Waals surface area contributed by atoms with Gasteiger partial charge in [-0.25, -0.2) is 4.39 Å². The molecule has 0 fully saturated rings. The van der Waals surface area contributed by atoms with Gasteiger partial charge < -0.3 is 4.98 Å². The summed E-state index contributed by atoms with van der Waals surface area (Å²) in [6.45, 7) is 8.95. The summed E-state index contributed by atoms with van der Waals surface area (Å²) in [6, 6.07) is 43.3. The van der Waals surface area contributed by atoms with Gasteiger partial charge in [-0.2, -0.15) is 11.3 Å². The van der Waals surface area contributed by atoms with Gasteiger partial charge >= 0.3 is 99.8 Å². The van der Waals surface area contributed by atoms with Crippen LogP contribution >= 0.6 is 11.3 Å². The third-order valence-electron chi connectivity index (χ3n) is 9.38. The van der Waals surface area contributed by atoms with Crippen molar-refractivity contribution in [1.29, 1.82) is 0 Å². The molecule has 3 heterocycles. The molecule has 0 bridgehead atoms. The fourth-order valence-electron chi connectivity index (χ4n) is 6.57. The quantitative estimate of drug-likeness (QED) is 0.127. The molecule has 1 radical (unpaired) electrons. The largest absolute Gasteiger partial charge is 0 e. The van der Waals surface area contributed by atoms with E-state index in [1.807, 2.05) is 48.8 Å². The summed E-state index contributed by atoms with van der Waals surface area (Å²) in [5.41, 5.74) is 8.99. The number of fused-ring (bicyclic) bond motifs is 5. The Labute approximate surface area is 333 Å². The first kappa shape index (κ1) is 38.7. The number of hydrogen-bond acceptors (Lipinski definition) is 3. The zero-order valence-corrected chi connectivity index (χ0v) is 36.6. The summed E-state index contributed by atoms with van der Waals surface area (Å²) in [7, 11) is 0. The summed E-state index contributed by atoms with van der Waals surface area (Å²) < 4.78 is 17.5. The van der Waals surface area contributed by atoms with Crippen LogP contribution in [-0.4, -0.2) is 23.2 Å². The van der Waals surface area contributed by atoms with Gasteiger partial charge in [0, 0.05) is 31.0 Å². The van der Waals surface area contributed by atoms with Crippen molar-refractivity contribution in [3.63, 3.8) is 0 Å². The normalized spacial score (nSPS) is 11.7. The second-order valence-electron chi connectivity index (χ2n) is 15.8. The number of pyridine rings is 2. The molecule has 0 atom stereocenters. The molecule has 0 aliphatic heterocycles. The molecule has 0 aliphatic carbocycles. The topological polar surface area (TPSA) is 25.8 Å². The number of halogens is 1. The van der Waals surface area contributed by atoms with E-state index in [0.717, 1.165) is 44.8 Å². The van der Waals surface area contributed by atoms with Crippen LogP contribution in [0.15, 0.2) is 122 Å². The van der Waals surface area contributed by atoms with E-state index < -0.39 is 13.3 Å². The van der Waals surface area contributed by atoms with Gasteiger partial charge in [0.15, 0.2) is 0 Å². The van der Waals surface area contributed by atoms with Gasteiger partial charge in [-0.3, -0.25) is 0 Å². The average Bonchev–Trinajstić information content (AvgIpc) is 3.50. The molecular formula is C47H43FGeIrN2S-2. The monoisotopic (exact) mass is 953 g/mol. The number of thiophene rings is 1. The van der Waals surface area contributed by atoms with Gasteiger partial charge in [-0.1, -0.05) is 80.3 Å². The maximum atomic E-state index is 13.6. The van der Waals surface area contributed by atoms with Gasteiger partial charge in [-0.05, 0) is 74.1 Å². The Hall–Kier alpha value is -4.00. The zero-order valence-electron chi connectivity index (χ0n) is 31.3. The molecule has 8 rings (SSSR count). The number of aryl methyl sites for hydroxylation is 1. The Balaban J connectivity index is 0.000000238. The van der Waals surface area contributed by atoms with Crippen LogP contribution in [-0.2, 0) is 26.5 Å². The van der Waals surface area contributed by atoms with E-state index in [4.69, 9.17) is 4.98 Å². The molecule has 0 unspecified atom stereocenters. The number of nitrogens with zero attached hydrogens (tertiary/aromatic N) is 2. The maximum absolute atomic E-state index is 13.6. The van der Waals surface area contributed by atoms with E-state index in [0.29, 0.717) is 0 Å². The van der Waals surface area contributed by atoms with E-state index in [-0.39, 0.29) is 31.3 Å². The van der Waals surface area contributed by atoms with Crippen LogP contribution in [0, 0.1) is 30.3 Å². The van der Waals surface area contributed by atoms with Gasteiger partial charge in [-0.15, -0.1) is 23.8 Å². The van der Waals surface area contributed by atoms with Crippen LogP contribution in [0.25, 0.3) is 64.6 Å². The summed E-state index contributed by atoms with van der Waals surface area (Å²) in [4.78, 5) is 9.28. The second-order valence-corrected chi connectivity index (χ2v) is 27.4. The van der Waals surface area contributed by atoms with Gasteiger partial charge in [0.05, 0.1) is 0 Å². The predicted octanol–water partition coefficient (Wildman–Crippen LogP) is 12.9. The third-order valence-corrected chi connectivity index (χ3v) is 14.8. The molecule has 8 aromatic rings. The average molecular weight is 952 g/mol. The maximum Gasteiger partial charge on any atom is 0 e. The fourth-order valence-corrected chi connectivity index (χ4v) is 9.96. The molecule has 3 aromatic heterocycles. The van der Waals surface area contributed by atoms with Crippen molar-refractivity contribution in [2.75, 3.05) is 0 Å². The summed E-state index contributed by atoms with van der Waals surface area (Å²) >= 11 is 0.0645. The van der Waals surface area contributed by atoms with Gasteiger partial charge in [0.25, 0.3) is 0 Å². The minimum Gasteiger partial charge on any atom is 0 e. The minimum atomic E-state index is -1.72. The third kappa shape index (κ3) is 8.71. The molecule has 53 heavy (non-hydrogen) atoms. The Morgan fingerprint density at radius 1 is 0.717 bits per heavy atom. The molecule has 6 heteroatoms. The number of rotatable bonds is 5. The van der Waals surface area contributed by atoms with Crippen LogP contribution in [0.2, 0.25) is 17.3 Å². The van der Waals surface area contributed by atoms with Crippen molar-refractivity contribution in [3.8, 4) is 33.6 Å². The Bertz CT molecular complexity index is 2510. The van der Waals surface area contributed by atoms with Crippen molar-refractivity contribution in [2.24, 2.45) is 5.41 Å². The Morgan fingerprint density at radius 2 is 1.43 bits per heavy atom. The minimum absolute atomic E-state index is 0. The molecule has 0 N–H and O–H groups in total. The first-order valence-electron chi connectivity index (χ1n) is 17.8. The van der Waals surface area contributed by atoms with Crippen molar-refractivity contribution in [3.05, 3.63) is 151 Å². The van der Waals surface area contributed by atoms with E-state index in [1.165, 1.54) is 53.9 Å². The fraction of sp³-hybridized carbons (Fsp3) is 0.191. The van der Waals surface area contributed by atoms with E-state index >= 15 is 0 Å². The van der Waals surface area contributed by atoms with Gasteiger partial charge in [0.1, 0.15) is 5.82 Å². The Morgan fingerprint density at radius 3 is 2.09 bits per heavy atom.